The Morgan fingerprint density at radius 2 is 1.23 bits per heavy atom. The number of carbonyl (C=O) groups is 3. The van der Waals surface area contributed by atoms with Crippen molar-refractivity contribution >= 4 is 84.3 Å². The molecule has 12 nitrogen and oxygen atoms in total. The molecule has 56 heavy (non-hydrogen) atoms. The van der Waals surface area contributed by atoms with Gasteiger partial charge >= 0.3 is 6.09 Å². The first-order valence-corrected chi connectivity index (χ1v) is 21.8. The van der Waals surface area contributed by atoms with E-state index >= 15 is 0 Å². The minimum absolute atomic E-state index is 0.00629. The number of nitrogens with two attached hydrogens (primary N) is 1. The number of nitrogens with zero attached hydrogens (tertiary/aromatic N) is 2. The molecule has 0 unspecified atom stereocenters. The van der Waals surface area contributed by atoms with Gasteiger partial charge in [0.2, 0.25) is 0 Å². The maximum absolute atomic E-state index is 12.5. The first-order valence-electron chi connectivity index (χ1n) is 19.1. The van der Waals surface area contributed by atoms with Gasteiger partial charge in [-0.3, -0.25) is 9.59 Å². The van der Waals surface area contributed by atoms with Crippen LogP contribution < -0.4 is 30.3 Å². The number of amides is 3. The molecule has 308 valence electrons. The van der Waals surface area contributed by atoms with Gasteiger partial charge in [-0.1, -0.05) is 31.9 Å². The summed E-state index contributed by atoms with van der Waals surface area (Å²) in [6, 6.07) is 11.5. The molecule has 2 aromatic rings. The molecule has 10 rings (SSSR count). The normalized spacial score (nSPS) is 28.7. The smallest absolute Gasteiger partial charge is 0.408 e. The summed E-state index contributed by atoms with van der Waals surface area (Å²) in [6.07, 6.45) is 8.66. The van der Waals surface area contributed by atoms with Gasteiger partial charge in [0, 0.05) is 27.6 Å². The lowest BCUT2D eigenvalue weighted by atomic mass is 9.70. The molecule has 0 spiro atoms. The van der Waals surface area contributed by atoms with Gasteiger partial charge in [0.25, 0.3) is 11.8 Å². The Balaban J connectivity index is 0.000000183. The molecule has 6 fully saturated rings. The van der Waals surface area contributed by atoms with Gasteiger partial charge in [-0.05, 0) is 121 Å². The number of anilines is 2. The zero-order valence-corrected chi connectivity index (χ0v) is 36.9. The van der Waals surface area contributed by atoms with Gasteiger partial charge in [-0.2, -0.15) is 0 Å². The number of alkyl halides is 2. The SMILES string of the molecule is CC(C)(C)OC(=O)NC12CCC(CCN3C(=O)COc4ccc(Br)cc43)(CC1)OC2.ClCCl.NC12CCC(CCN3C(=O)COc4ccc(Br)cc43)(CC1)OC2. The highest BCUT2D eigenvalue weighted by atomic mass is 79.9. The summed E-state index contributed by atoms with van der Waals surface area (Å²) in [4.78, 5) is 40.7. The number of benzene rings is 2. The van der Waals surface area contributed by atoms with Crippen molar-refractivity contribution in [3.63, 3.8) is 0 Å². The van der Waals surface area contributed by atoms with Crippen LogP contribution >= 0.6 is 55.1 Å². The number of rotatable bonds is 7. The van der Waals surface area contributed by atoms with Crippen molar-refractivity contribution in [3.8, 4) is 11.5 Å². The molecule has 6 heterocycles. The van der Waals surface area contributed by atoms with E-state index in [1.807, 2.05) is 62.1 Å². The van der Waals surface area contributed by atoms with Crippen LogP contribution in [-0.4, -0.2) is 90.6 Å². The van der Waals surface area contributed by atoms with Crippen LogP contribution in [0.3, 0.4) is 0 Å². The molecular formula is C40H52Br2Cl2N4O8. The molecule has 4 saturated heterocycles. The average molecular weight is 948 g/mol. The zero-order chi connectivity index (χ0) is 40.4. The quantitative estimate of drug-likeness (QED) is 0.263. The summed E-state index contributed by atoms with van der Waals surface area (Å²) in [5, 5.41) is 3.25. The van der Waals surface area contributed by atoms with Gasteiger partial charge in [0.05, 0.1) is 46.7 Å². The van der Waals surface area contributed by atoms with Crippen LogP contribution in [0.2, 0.25) is 0 Å². The Morgan fingerprint density at radius 3 is 1.62 bits per heavy atom. The molecule has 0 radical (unpaired) electrons. The highest BCUT2D eigenvalue weighted by Gasteiger charge is 2.51. The summed E-state index contributed by atoms with van der Waals surface area (Å²) < 4.78 is 30.8. The number of carbonyl (C=O) groups excluding carboxylic acids is 3. The third kappa shape index (κ3) is 10.3. The minimum Gasteiger partial charge on any atom is -0.482 e. The molecule has 3 N–H and O–H groups in total. The fourth-order valence-corrected chi connectivity index (χ4v) is 9.05. The van der Waals surface area contributed by atoms with Crippen molar-refractivity contribution in [2.45, 2.75) is 113 Å². The Morgan fingerprint density at radius 1 is 0.786 bits per heavy atom. The summed E-state index contributed by atoms with van der Waals surface area (Å²) in [7, 11) is 0. The molecule has 16 heteroatoms. The summed E-state index contributed by atoms with van der Waals surface area (Å²) in [6.45, 7) is 8.10. The molecule has 6 aliphatic heterocycles. The van der Waals surface area contributed by atoms with E-state index in [9.17, 15) is 14.4 Å². The summed E-state index contributed by atoms with van der Waals surface area (Å²) in [5.74, 6) is 1.46. The topological polar surface area (TPSA) is 142 Å². The fourth-order valence-electron chi connectivity index (χ4n) is 8.35. The fraction of sp³-hybridized carbons (Fsp3) is 0.625. The monoisotopic (exact) mass is 944 g/mol. The predicted octanol–water partition coefficient (Wildman–Crippen LogP) is 8.20. The van der Waals surface area contributed by atoms with Crippen LogP contribution in [0.5, 0.6) is 11.5 Å². The molecule has 0 aromatic heterocycles. The first kappa shape index (κ1) is 43.3. The van der Waals surface area contributed by atoms with E-state index in [1.165, 1.54) is 0 Å². The zero-order valence-electron chi connectivity index (χ0n) is 32.2. The molecule has 0 atom stereocenters. The second-order valence-electron chi connectivity index (χ2n) is 16.7. The van der Waals surface area contributed by atoms with Crippen LogP contribution in [0.25, 0.3) is 0 Å². The van der Waals surface area contributed by atoms with Gasteiger partial charge in [0.1, 0.15) is 17.1 Å². The molecule has 3 amide bonds. The third-order valence-corrected chi connectivity index (χ3v) is 12.7. The Bertz CT molecular complexity index is 1730. The Hall–Kier alpha value is -2.33. The predicted molar refractivity (Wildman–Crippen MR) is 223 cm³/mol. The lowest BCUT2D eigenvalue weighted by Crippen LogP contribution is -2.63. The average Bonchev–Trinajstić information content (AvgIpc) is 3.15. The number of fused-ring (bicyclic) bond motifs is 8. The summed E-state index contributed by atoms with van der Waals surface area (Å²) >= 11 is 16.5. The van der Waals surface area contributed by atoms with Crippen LogP contribution in [0.15, 0.2) is 45.3 Å². The van der Waals surface area contributed by atoms with E-state index in [1.54, 1.807) is 4.90 Å². The number of hydrogen-bond acceptors (Lipinski definition) is 9. The van der Waals surface area contributed by atoms with Crippen LogP contribution in [-0.2, 0) is 23.8 Å². The lowest BCUT2D eigenvalue weighted by molar-refractivity contribution is -0.163. The molecule has 2 saturated carbocycles. The van der Waals surface area contributed by atoms with Crippen molar-refractivity contribution in [2.75, 3.05) is 54.7 Å². The Labute approximate surface area is 355 Å². The highest BCUT2D eigenvalue weighted by molar-refractivity contribution is 9.10. The highest BCUT2D eigenvalue weighted by Crippen LogP contribution is 2.47. The van der Waals surface area contributed by atoms with E-state index in [2.05, 4.69) is 37.2 Å². The Kier molecular flexibility index (Phi) is 13.5. The first-order chi connectivity index (χ1) is 26.5. The van der Waals surface area contributed by atoms with E-state index < -0.39 is 5.60 Å². The summed E-state index contributed by atoms with van der Waals surface area (Å²) in [5.41, 5.74) is 6.58. The van der Waals surface area contributed by atoms with E-state index in [-0.39, 0.29) is 58.7 Å². The van der Waals surface area contributed by atoms with Gasteiger partial charge in [-0.15, -0.1) is 23.2 Å². The molecule has 2 aliphatic carbocycles. The van der Waals surface area contributed by atoms with Crippen molar-refractivity contribution in [1.82, 2.24) is 5.32 Å². The lowest BCUT2D eigenvalue weighted by Gasteiger charge is -2.53. The van der Waals surface area contributed by atoms with Crippen molar-refractivity contribution in [2.24, 2.45) is 5.73 Å². The molecule has 8 aliphatic rings. The molecule has 4 bridgehead atoms. The number of nitrogens with one attached hydrogen (secondary N) is 1. The maximum atomic E-state index is 12.5. The third-order valence-electron chi connectivity index (χ3n) is 11.7. The van der Waals surface area contributed by atoms with E-state index in [4.69, 9.17) is 52.6 Å². The number of alkyl carbamates (subject to hydrolysis) is 1. The van der Waals surface area contributed by atoms with Crippen molar-refractivity contribution in [3.05, 3.63) is 45.3 Å². The number of hydrogen-bond donors (Lipinski definition) is 2. The van der Waals surface area contributed by atoms with Crippen LogP contribution in [0.4, 0.5) is 16.2 Å². The number of halogens is 4. The van der Waals surface area contributed by atoms with E-state index in [0.717, 1.165) is 96.0 Å². The van der Waals surface area contributed by atoms with Gasteiger partial charge < -0.3 is 44.5 Å². The largest absolute Gasteiger partial charge is 0.482 e. The number of ether oxygens (including phenoxy) is 5. The molecule has 2 aromatic carbocycles. The maximum Gasteiger partial charge on any atom is 0.408 e. The van der Waals surface area contributed by atoms with Gasteiger partial charge in [0.15, 0.2) is 13.2 Å². The van der Waals surface area contributed by atoms with Gasteiger partial charge in [-0.25, -0.2) is 4.79 Å². The molecular weight excluding hydrogens is 895 g/mol. The standard InChI is InChI=1S/C22H29BrN2O5.C17H21BrN2O3.CH2Cl2/c1-20(2,3)30-19(27)24-21-6-8-22(9-7-21,29-14-21)10-11-25-16-12-15(23)4-5-17(16)28-13-18(25)26;18-12-1-2-14-13(9-12)20(15(21)10-22-14)8-7-17-5-3-16(19,4-6-17)11-23-17;2-1-3/h4-5,12H,6-11,13-14H2,1-3H3,(H,24,27);1-2,9H,3-8,10-11,19H2;1H2. The van der Waals surface area contributed by atoms with Crippen LogP contribution in [0.1, 0.15) is 85.0 Å². The van der Waals surface area contributed by atoms with E-state index in [0.29, 0.717) is 26.3 Å². The van der Waals surface area contributed by atoms with Crippen LogP contribution in [0, 0.1) is 0 Å². The second-order valence-corrected chi connectivity index (χ2v) is 19.3. The van der Waals surface area contributed by atoms with Crippen molar-refractivity contribution in [1.29, 1.82) is 0 Å². The minimum atomic E-state index is -0.523. The second kappa shape index (κ2) is 17.5. The van der Waals surface area contributed by atoms with Crippen molar-refractivity contribution < 1.29 is 38.1 Å².